The van der Waals surface area contributed by atoms with Gasteiger partial charge in [-0.15, -0.1) is 18.2 Å². The van der Waals surface area contributed by atoms with Crippen LogP contribution < -0.4 is 5.32 Å². The summed E-state index contributed by atoms with van der Waals surface area (Å²) >= 11 is 5.53. The average Bonchev–Trinajstić information content (AvgIpc) is 2.39. The summed E-state index contributed by atoms with van der Waals surface area (Å²) < 4.78 is 4.87. The monoisotopic (exact) mass is 282 g/mol. The number of nitrogens with zero attached hydrogens (tertiary/aromatic N) is 1. The van der Waals surface area contributed by atoms with Gasteiger partial charge >= 0.3 is 6.09 Å². The molecule has 0 saturated carbocycles. The van der Waals surface area contributed by atoms with Crippen LogP contribution in [0.3, 0.4) is 0 Å². The average molecular weight is 283 g/mol. The topological polar surface area (TPSA) is 59.9 Å². The maximum absolute atomic E-state index is 11.6. The molecular weight excluding hydrogens is 268 g/mol. The third-order valence-electron chi connectivity index (χ3n) is 2.07. The van der Waals surface area contributed by atoms with Gasteiger partial charge in [-0.25, -0.2) is 4.79 Å². The number of benzene rings is 1. The van der Waals surface area contributed by atoms with Gasteiger partial charge in [-0.2, -0.15) is 0 Å². The third kappa shape index (κ3) is 5.44. The molecule has 0 heterocycles. The molecule has 1 rings (SSSR count). The molecular formula is C13H15ClN2O3. The molecule has 1 amide bonds. The van der Waals surface area contributed by atoms with Crippen molar-refractivity contribution in [3.05, 3.63) is 42.5 Å². The smallest absolute Gasteiger partial charge is 0.396 e. The van der Waals surface area contributed by atoms with Crippen LogP contribution in [0.15, 0.2) is 42.1 Å². The van der Waals surface area contributed by atoms with E-state index in [-0.39, 0.29) is 11.8 Å². The number of ether oxygens (including phenoxy) is 1. The van der Waals surface area contributed by atoms with E-state index in [1.807, 2.05) is 18.2 Å². The molecule has 5 nitrogen and oxygen atoms in total. The van der Waals surface area contributed by atoms with Gasteiger partial charge in [-0.05, 0) is 24.1 Å². The molecule has 0 atom stereocenters. The molecule has 0 saturated heterocycles. The summed E-state index contributed by atoms with van der Waals surface area (Å²) in [7, 11) is 1.34. The molecule has 1 N–H and O–H groups in total. The van der Waals surface area contributed by atoms with Gasteiger partial charge in [0.1, 0.15) is 13.0 Å². The summed E-state index contributed by atoms with van der Waals surface area (Å²) in [5, 5.41) is 6.03. The predicted octanol–water partition coefficient (Wildman–Crippen LogP) is 3.16. The summed E-state index contributed by atoms with van der Waals surface area (Å²) in [5.74, 6) is -0.0680. The Labute approximate surface area is 116 Å². The summed E-state index contributed by atoms with van der Waals surface area (Å²) in [4.78, 5) is 16.1. The molecule has 0 radical (unpaired) electrons. The van der Waals surface area contributed by atoms with Gasteiger partial charge in [0.25, 0.3) is 5.90 Å². The molecule has 0 aliphatic rings. The van der Waals surface area contributed by atoms with E-state index in [1.54, 1.807) is 12.1 Å². The first kappa shape index (κ1) is 15.0. The molecule has 0 aliphatic heterocycles. The molecule has 0 spiro atoms. The second-order valence-electron chi connectivity index (χ2n) is 3.51. The molecule has 6 heteroatoms. The zero-order valence-corrected chi connectivity index (χ0v) is 11.3. The van der Waals surface area contributed by atoms with E-state index in [0.29, 0.717) is 5.69 Å². The van der Waals surface area contributed by atoms with Crippen molar-refractivity contribution < 1.29 is 14.4 Å². The van der Waals surface area contributed by atoms with Crippen LogP contribution in [0, 0.1) is 0 Å². The number of halogens is 1. The molecule has 102 valence electrons. The van der Waals surface area contributed by atoms with Gasteiger partial charge in [0.15, 0.2) is 0 Å². The van der Waals surface area contributed by atoms with E-state index >= 15 is 0 Å². The molecule has 0 aliphatic carbocycles. The van der Waals surface area contributed by atoms with E-state index in [0.717, 1.165) is 12.0 Å². The van der Waals surface area contributed by atoms with Crippen LogP contribution >= 0.6 is 11.6 Å². The first-order chi connectivity index (χ1) is 9.19. The van der Waals surface area contributed by atoms with Gasteiger partial charge in [0.2, 0.25) is 0 Å². The van der Waals surface area contributed by atoms with Crippen molar-refractivity contribution >= 4 is 29.3 Å². The Balaban J connectivity index is 2.63. The minimum absolute atomic E-state index is 0.0103. The highest BCUT2D eigenvalue weighted by atomic mass is 35.5. The number of hydrogen-bond donors (Lipinski definition) is 1. The lowest BCUT2D eigenvalue weighted by molar-refractivity contribution is 0.187. The summed E-state index contributed by atoms with van der Waals surface area (Å²) in [6, 6.07) is 7.35. The highest BCUT2D eigenvalue weighted by molar-refractivity contribution is 6.28. The normalized spacial score (nSPS) is 10.7. The fourth-order valence-corrected chi connectivity index (χ4v) is 1.47. The van der Waals surface area contributed by atoms with E-state index in [4.69, 9.17) is 16.3 Å². The quantitative estimate of drug-likeness (QED) is 0.297. The molecule has 0 fully saturated rings. The van der Waals surface area contributed by atoms with Crippen molar-refractivity contribution in [2.75, 3.05) is 18.3 Å². The number of alkyl halides is 1. The number of allylic oxidation sites excluding steroid dienone is 1. The van der Waals surface area contributed by atoms with Crippen molar-refractivity contribution in [3.63, 3.8) is 0 Å². The van der Waals surface area contributed by atoms with Crippen LogP contribution in [0.1, 0.15) is 5.56 Å². The fraction of sp³-hybridized carbons (Fsp3) is 0.231. The lowest BCUT2D eigenvalue weighted by Crippen LogP contribution is -2.19. The Hall–Kier alpha value is -2.01. The van der Waals surface area contributed by atoms with Crippen molar-refractivity contribution in [1.82, 2.24) is 0 Å². The Kier molecular flexibility index (Phi) is 6.46. The molecule has 1 aromatic carbocycles. The second kappa shape index (κ2) is 8.16. The van der Waals surface area contributed by atoms with Crippen LogP contribution in [-0.4, -0.2) is 25.0 Å². The largest absolute Gasteiger partial charge is 0.418 e. The van der Waals surface area contributed by atoms with Crippen LogP contribution in [-0.2, 0) is 16.0 Å². The Morgan fingerprint density at radius 2 is 2.37 bits per heavy atom. The zero-order chi connectivity index (χ0) is 14.1. The lowest BCUT2D eigenvalue weighted by atomic mass is 10.1. The van der Waals surface area contributed by atoms with Crippen LogP contribution in [0.5, 0.6) is 0 Å². The fourth-order valence-electron chi connectivity index (χ4n) is 1.37. The van der Waals surface area contributed by atoms with Crippen LogP contribution in [0.2, 0.25) is 0 Å². The standard InChI is InChI=1S/C13H15ClN2O3/c1-3-5-10-6-4-7-11(8-10)15-13(17)19-12(9-14)16-18-2/h3-4,6-8H,1,5,9H2,2H3,(H,15,17). The maximum atomic E-state index is 11.6. The molecule has 0 aromatic heterocycles. The van der Waals surface area contributed by atoms with E-state index < -0.39 is 6.09 Å². The van der Waals surface area contributed by atoms with Gasteiger partial charge in [0, 0.05) is 5.69 Å². The number of oxime groups is 1. The third-order valence-corrected chi connectivity index (χ3v) is 2.30. The number of anilines is 1. The highest BCUT2D eigenvalue weighted by Gasteiger charge is 2.08. The van der Waals surface area contributed by atoms with Gasteiger partial charge in [-0.3, -0.25) is 5.32 Å². The van der Waals surface area contributed by atoms with Gasteiger partial charge in [0.05, 0.1) is 0 Å². The summed E-state index contributed by atoms with van der Waals surface area (Å²) in [6.07, 6.45) is 1.84. The zero-order valence-electron chi connectivity index (χ0n) is 10.6. The first-order valence-corrected chi connectivity index (χ1v) is 6.07. The minimum Gasteiger partial charge on any atom is -0.396 e. The summed E-state index contributed by atoms with van der Waals surface area (Å²) in [5.41, 5.74) is 1.66. The molecule has 19 heavy (non-hydrogen) atoms. The first-order valence-electron chi connectivity index (χ1n) is 5.54. The lowest BCUT2D eigenvalue weighted by Gasteiger charge is -2.07. The molecule has 1 aromatic rings. The number of amides is 1. The number of carbonyl (C=O) groups excluding carboxylic acids is 1. The van der Waals surface area contributed by atoms with Crippen LogP contribution in [0.25, 0.3) is 0 Å². The number of rotatable bonds is 5. The van der Waals surface area contributed by atoms with Gasteiger partial charge in [-0.1, -0.05) is 23.4 Å². The highest BCUT2D eigenvalue weighted by Crippen LogP contribution is 2.11. The maximum Gasteiger partial charge on any atom is 0.418 e. The Morgan fingerprint density at radius 1 is 1.58 bits per heavy atom. The Bertz CT molecular complexity index is 475. The van der Waals surface area contributed by atoms with E-state index in [9.17, 15) is 4.79 Å². The minimum atomic E-state index is -0.674. The number of nitrogens with one attached hydrogen (secondary N) is 1. The van der Waals surface area contributed by atoms with E-state index in [1.165, 1.54) is 7.11 Å². The Morgan fingerprint density at radius 3 is 3.00 bits per heavy atom. The SMILES string of the molecule is C=CCc1cccc(NC(=O)OC(CCl)=NOC)c1. The molecule has 0 unspecified atom stereocenters. The van der Waals surface area contributed by atoms with Crippen molar-refractivity contribution in [2.45, 2.75) is 6.42 Å². The summed E-state index contributed by atoms with van der Waals surface area (Å²) in [6.45, 7) is 3.66. The van der Waals surface area contributed by atoms with Crippen LogP contribution in [0.4, 0.5) is 10.5 Å². The van der Waals surface area contributed by atoms with Gasteiger partial charge < -0.3 is 9.57 Å². The molecule has 0 bridgehead atoms. The number of carbonyl (C=O) groups is 1. The number of hydrogen-bond acceptors (Lipinski definition) is 4. The van der Waals surface area contributed by atoms with E-state index in [2.05, 4.69) is 21.9 Å². The van der Waals surface area contributed by atoms with Crippen molar-refractivity contribution in [1.29, 1.82) is 0 Å². The predicted molar refractivity (Wildman–Crippen MR) is 75.6 cm³/mol. The van der Waals surface area contributed by atoms with Crippen molar-refractivity contribution in [2.24, 2.45) is 5.16 Å². The second-order valence-corrected chi connectivity index (χ2v) is 3.78. The van der Waals surface area contributed by atoms with Crippen molar-refractivity contribution in [3.8, 4) is 0 Å².